The number of fused-ring (bicyclic) bond motifs is 3. The number of halogens is 1. The summed E-state index contributed by atoms with van der Waals surface area (Å²) in [4.78, 5) is 40.9. The molecule has 0 saturated carbocycles. The third-order valence-electron chi connectivity index (χ3n) is 5.66. The van der Waals surface area contributed by atoms with Crippen molar-refractivity contribution >= 4 is 29.5 Å². The number of amides is 2. The Morgan fingerprint density at radius 3 is 2.37 bits per heavy atom. The summed E-state index contributed by atoms with van der Waals surface area (Å²) >= 11 is 0. The number of anilines is 1. The Morgan fingerprint density at radius 1 is 0.926 bits per heavy atom. The van der Waals surface area contributed by atoms with Gasteiger partial charge < -0.3 is 9.69 Å². The second-order valence-corrected chi connectivity index (χ2v) is 6.99. The molecule has 2 aromatic carbocycles. The largest absolute Gasteiger partial charge is 0.353 e. The molecule has 134 valence electrons. The van der Waals surface area contributed by atoms with E-state index < -0.39 is 17.9 Å². The maximum atomic E-state index is 13.6. The second kappa shape index (κ2) is 5.61. The first kappa shape index (κ1) is 15.9. The summed E-state index contributed by atoms with van der Waals surface area (Å²) < 4.78 is 13.6. The molecule has 3 aliphatic heterocycles. The Bertz CT molecular complexity index is 1000. The molecular weight excluding hydrogens is 347 g/mol. The summed E-state index contributed by atoms with van der Waals surface area (Å²) in [6.07, 6.45) is 2.58. The van der Waals surface area contributed by atoms with Gasteiger partial charge in [-0.1, -0.05) is 30.3 Å². The lowest BCUT2D eigenvalue weighted by Gasteiger charge is -2.41. The van der Waals surface area contributed by atoms with E-state index in [4.69, 9.17) is 0 Å². The minimum absolute atomic E-state index is 0.287. The summed E-state index contributed by atoms with van der Waals surface area (Å²) in [6, 6.07) is 13.8. The van der Waals surface area contributed by atoms with Gasteiger partial charge in [-0.2, -0.15) is 0 Å². The molecule has 0 aromatic heterocycles. The van der Waals surface area contributed by atoms with E-state index in [9.17, 15) is 18.8 Å². The van der Waals surface area contributed by atoms with Crippen LogP contribution in [0, 0.1) is 17.7 Å². The van der Waals surface area contributed by atoms with Crippen molar-refractivity contribution in [2.24, 2.45) is 11.8 Å². The molecule has 5 rings (SSSR count). The van der Waals surface area contributed by atoms with Crippen LogP contribution in [0.1, 0.15) is 5.56 Å². The fourth-order valence-electron chi connectivity index (χ4n) is 4.52. The predicted octanol–water partition coefficient (Wildman–Crippen LogP) is 2.24. The van der Waals surface area contributed by atoms with Crippen LogP contribution < -0.4 is 4.90 Å². The van der Waals surface area contributed by atoms with Gasteiger partial charge in [0.1, 0.15) is 12.1 Å². The first-order chi connectivity index (χ1) is 13.1. The van der Waals surface area contributed by atoms with E-state index in [0.717, 1.165) is 6.29 Å². The number of carbonyl (C=O) groups excluding carboxylic acids is 3. The van der Waals surface area contributed by atoms with Crippen molar-refractivity contribution in [2.75, 3.05) is 4.90 Å². The molecule has 0 bridgehead atoms. The molecule has 0 N–H and O–H groups in total. The van der Waals surface area contributed by atoms with E-state index in [-0.39, 0.29) is 23.7 Å². The zero-order chi connectivity index (χ0) is 18.7. The van der Waals surface area contributed by atoms with Crippen molar-refractivity contribution in [1.29, 1.82) is 0 Å². The molecule has 3 heterocycles. The molecule has 2 amide bonds. The third kappa shape index (κ3) is 2.07. The van der Waals surface area contributed by atoms with Gasteiger partial charge in [-0.15, -0.1) is 0 Å². The number of hydrogen-bond acceptors (Lipinski definition) is 4. The number of nitrogens with zero attached hydrogens (tertiary/aromatic N) is 2. The van der Waals surface area contributed by atoms with Gasteiger partial charge in [0.15, 0.2) is 0 Å². The Hall–Kier alpha value is -3.28. The van der Waals surface area contributed by atoms with Crippen molar-refractivity contribution in [3.05, 3.63) is 72.1 Å². The number of imide groups is 1. The van der Waals surface area contributed by atoms with E-state index in [1.165, 1.54) is 17.0 Å². The van der Waals surface area contributed by atoms with Gasteiger partial charge in [0.2, 0.25) is 11.8 Å². The average Bonchev–Trinajstić information content (AvgIpc) is 3.05. The first-order valence-corrected chi connectivity index (χ1v) is 8.76. The fraction of sp³-hybridized carbons (Fsp3) is 0.190. The van der Waals surface area contributed by atoms with Crippen LogP contribution in [0.5, 0.6) is 0 Å². The van der Waals surface area contributed by atoms with Crippen molar-refractivity contribution in [1.82, 2.24) is 4.90 Å². The van der Waals surface area contributed by atoms with Crippen LogP contribution in [-0.4, -0.2) is 35.1 Å². The summed E-state index contributed by atoms with van der Waals surface area (Å²) in [5.74, 6) is -2.33. The molecule has 2 saturated heterocycles. The van der Waals surface area contributed by atoms with Crippen molar-refractivity contribution in [3.8, 4) is 0 Å². The Kier molecular flexibility index (Phi) is 3.31. The molecule has 6 heteroatoms. The lowest BCUT2D eigenvalue weighted by atomic mass is 9.88. The maximum Gasteiger partial charge on any atom is 0.240 e. The maximum absolute atomic E-state index is 13.6. The quantitative estimate of drug-likeness (QED) is 0.621. The molecule has 5 nitrogen and oxygen atoms in total. The van der Waals surface area contributed by atoms with E-state index in [0.29, 0.717) is 16.9 Å². The van der Waals surface area contributed by atoms with Gasteiger partial charge in [0.05, 0.1) is 29.6 Å². The summed E-state index contributed by atoms with van der Waals surface area (Å²) in [5, 5.41) is 0. The minimum Gasteiger partial charge on any atom is -0.353 e. The number of aldehydes is 1. The van der Waals surface area contributed by atoms with Crippen LogP contribution in [-0.2, 0) is 14.4 Å². The summed E-state index contributed by atoms with van der Waals surface area (Å²) in [6.45, 7) is 0. The zero-order valence-electron chi connectivity index (χ0n) is 14.2. The van der Waals surface area contributed by atoms with E-state index in [2.05, 4.69) is 0 Å². The fourth-order valence-corrected chi connectivity index (χ4v) is 4.52. The molecule has 2 fully saturated rings. The highest BCUT2D eigenvalue weighted by molar-refractivity contribution is 6.24. The van der Waals surface area contributed by atoms with E-state index in [1.54, 1.807) is 41.3 Å². The highest BCUT2D eigenvalue weighted by Crippen LogP contribution is 2.51. The van der Waals surface area contributed by atoms with Crippen molar-refractivity contribution in [3.63, 3.8) is 0 Å². The standard InChI is InChI=1S/C21H15FN2O3/c22-13-6-4-5-12(9-13)15-10-16-18-19(17(11-25)24(15)16)21(27)23(20(18)26)14-7-2-1-3-8-14/h1-11,16-19H/t16?,17?,18-,19+/m0/s1. The second-order valence-electron chi connectivity index (χ2n) is 6.99. The SMILES string of the molecule is O=CC1[C@H]2C(=O)N(c3ccccc3)C(=O)[C@H]2C2C=C(c3cccc(F)c3)N12. The van der Waals surface area contributed by atoms with E-state index >= 15 is 0 Å². The summed E-state index contributed by atoms with van der Waals surface area (Å²) in [7, 11) is 0. The molecule has 0 radical (unpaired) electrons. The highest BCUT2D eigenvalue weighted by Gasteiger charge is 2.64. The Morgan fingerprint density at radius 2 is 1.67 bits per heavy atom. The number of para-hydroxylation sites is 1. The van der Waals surface area contributed by atoms with Crippen molar-refractivity contribution in [2.45, 2.75) is 12.1 Å². The van der Waals surface area contributed by atoms with Gasteiger partial charge in [0.25, 0.3) is 0 Å². The van der Waals surface area contributed by atoms with Crippen molar-refractivity contribution < 1.29 is 18.8 Å². The minimum atomic E-state index is -0.728. The van der Waals surface area contributed by atoms with Crippen LogP contribution in [0.2, 0.25) is 0 Å². The third-order valence-corrected chi connectivity index (χ3v) is 5.66. The lowest BCUT2D eigenvalue weighted by Crippen LogP contribution is -2.48. The number of hydrogen-bond donors (Lipinski definition) is 0. The number of rotatable bonds is 3. The highest BCUT2D eigenvalue weighted by atomic mass is 19.1. The van der Waals surface area contributed by atoms with Gasteiger partial charge in [-0.05, 0) is 30.3 Å². The molecular formula is C21H15FN2O3. The predicted molar refractivity (Wildman–Crippen MR) is 95.8 cm³/mol. The Balaban J connectivity index is 1.54. The first-order valence-electron chi connectivity index (χ1n) is 8.76. The van der Waals surface area contributed by atoms with Crippen LogP contribution in [0.25, 0.3) is 5.70 Å². The molecule has 27 heavy (non-hydrogen) atoms. The van der Waals surface area contributed by atoms with Crippen LogP contribution >= 0.6 is 0 Å². The molecule has 0 spiro atoms. The molecule has 3 aliphatic rings. The smallest absolute Gasteiger partial charge is 0.240 e. The monoisotopic (exact) mass is 362 g/mol. The van der Waals surface area contributed by atoms with Crippen LogP contribution in [0.15, 0.2) is 60.7 Å². The molecule has 4 atom stereocenters. The van der Waals surface area contributed by atoms with E-state index in [1.807, 2.05) is 12.1 Å². The van der Waals surface area contributed by atoms with Gasteiger partial charge in [0, 0.05) is 11.3 Å². The lowest BCUT2D eigenvalue weighted by molar-refractivity contribution is -0.125. The van der Waals surface area contributed by atoms with Gasteiger partial charge in [-0.25, -0.2) is 9.29 Å². The summed E-state index contributed by atoms with van der Waals surface area (Å²) in [5.41, 5.74) is 1.85. The Labute approximate surface area is 154 Å². The van der Waals surface area contributed by atoms with Gasteiger partial charge >= 0.3 is 0 Å². The average molecular weight is 362 g/mol. The van der Waals surface area contributed by atoms with Crippen LogP contribution in [0.3, 0.4) is 0 Å². The zero-order valence-corrected chi connectivity index (χ0v) is 14.2. The molecule has 0 aliphatic carbocycles. The molecule has 2 unspecified atom stereocenters. The topological polar surface area (TPSA) is 57.7 Å². The molecule has 2 aromatic rings. The van der Waals surface area contributed by atoms with Gasteiger partial charge in [-0.3, -0.25) is 9.59 Å². The number of benzene rings is 2. The van der Waals surface area contributed by atoms with Crippen LogP contribution in [0.4, 0.5) is 10.1 Å². The normalized spacial score (nSPS) is 28.6. The number of carbonyl (C=O) groups is 3.